The van der Waals surface area contributed by atoms with Crippen LogP contribution in [0.4, 0.5) is 5.82 Å². The summed E-state index contributed by atoms with van der Waals surface area (Å²) in [7, 11) is 1.70. The first kappa shape index (κ1) is 14.1. The summed E-state index contributed by atoms with van der Waals surface area (Å²) in [6.45, 7) is 0. The minimum atomic E-state index is -0.0975. The molecule has 4 aromatic heterocycles. The maximum atomic E-state index is 12.6. The molecule has 0 unspecified atom stereocenters. The van der Waals surface area contributed by atoms with Crippen LogP contribution in [-0.4, -0.2) is 30.5 Å². The number of nitrogens with one attached hydrogen (secondary N) is 3. The quantitative estimate of drug-likeness (QED) is 0.587. The highest BCUT2D eigenvalue weighted by atomic mass is 16.1. The smallest absolute Gasteiger partial charge is 0.299 e. The molecule has 124 valence electrons. The summed E-state index contributed by atoms with van der Waals surface area (Å²) in [5.74, 6) is 0.599. The van der Waals surface area contributed by atoms with Crippen LogP contribution < -0.4 is 15.9 Å². The largest absolute Gasteiger partial charge is 0.367 e. The number of imidazole rings is 1. The average Bonchev–Trinajstić information content (AvgIpc) is 3.31. The number of hydrogen-bond donors (Lipinski definition) is 2. The highest BCUT2D eigenvalue weighted by Crippen LogP contribution is 2.29. The minimum absolute atomic E-state index is 0.0975. The summed E-state index contributed by atoms with van der Waals surface area (Å²) in [5.41, 5.74) is 3.82. The normalized spacial score (nSPS) is 14.3. The van der Waals surface area contributed by atoms with E-state index in [-0.39, 0.29) is 5.56 Å². The zero-order valence-electron chi connectivity index (χ0n) is 13.6. The molecule has 0 aliphatic heterocycles. The van der Waals surface area contributed by atoms with E-state index in [1.54, 1.807) is 19.6 Å². The molecule has 0 aromatic carbocycles. The van der Waals surface area contributed by atoms with Crippen LogP contribution in [0.25, 0.3) is 33.3 Å². The molecule has 8 heteroatoms. The van der Waals surface area contributed by atoms with Gasteiger partial charge in [0.15, 0.2) is 11.8 Å². The molecule has 0 atom stereocenters. The lowest BCUT2D eigenvalue weighted by atomic mass is 10.1. The van der Waals surface area contributed by atoms with Crippen molar-refractivity contribution in [3.05, 3.63) is 41.3 Å². The SMILES string of the molecule is Cn1cnc2cc(-c3cnc4[nH+]c[nH]c4c3)nc(NC3CC3)c2c1=O. The third-order valence-electron chi connectivity index (χ3n) is 4.44. The second-order valence-electron chi connectivity index (χ2n) is 6.38. The molecule has 25 heavy (non-hydrogen) atoms. The Bertz CT molecular complexity index is 1170. The number of H-pyrrole nitrogens is 2. The number of hydrogen-bond acceptors (Lipinski definition) is 5. The Morgan fingerprint density at radius 3 is 3.04 bits per heavy atom. The van der Waals surface area contributed by atoms with Crippen LogP contribution in [0, 0.1) is 0 Å². The highest BCUT2D eigenvalue weighted by molar-refractivity contribution is 5.92. The second kappa shape index (κ2) is 5.10. The molecule has 0 saturated heterocycles. The van der Waals surface area contributed by atoms with Gasteiger partial charge in [-0.15, -0.1) is 4.98 Å². The average molecular weight is 334 g/mol. The van der Waals surface area contributed by atoms with Crippen molar-refractivity contribution >= 4 is 27.9 Å². The molecular formula is C17H16N7O+. The molecule has 1 aliphatic rings. The third kappa shape index (κ3) is 2.34. The third-order valence-corrected chi connectivity index (χ3v) is 4.44. The second-order valence-corrected chi connectivity index (χ2v) is 6.38. The first-order chi connectivity index (χ1) is 12.2. The van der Waals surface area contributed by atoms with Crippen molar-refractivity contribution in [3.8, 4) is 11.3 Å². The van der Waals surface area contributed by atoms with Gasteiger partial charge >= 0.3 is 0 Å². The van der Waals surface area contributed by atoms with Gasteiger partial charge in [0, 0.05) is 18.7 Å². The van der Waals surface area contributed by atoms with Gasteiger partial charge in [-0.1, -0.05) is 0 Å². The van der Waals surface area contributed by atoms with Crippen molar-refractivity contribution in [1.29, 1.82) is 0 Å². The van der Waals surface area contributed by atoms with Gasteiger partial charge in [-0.2, -0.15) is 0 Å². The summed E-state index contributed by atoms with van der Waals surface area (Å²) in [5, 5.41) is 3.90. The number of aromatic nitrogens is 6. The molecule has 1 saturated carbocycles. The molecule has 5 rings (SSSR count). The van der Waals surface area contributed by atoms with E-state index in [9.17, 15) is 4.79 Å². The van der Waals surface area contributed by atoms with Gasteiger partial charge in [0.05, 0.1) is 17.5 Å². The Labute approximate surface area is 142 Å². The molecular weight excluding hydrogens is 318 g/mol. The number of fused-ring (bicyclic) bond motifs is 2. The van der Waals surface area contributed by atoms with Gasteiger partial charge in [-0.25, -0.2) is 15.0 Å². The van der Waals surface area contributed by atoms with Crippen LogP contribution in [0.1, 0.15) is 12.8 Å². The zero-order chi connectivity index (χ0) is 17.0. The van der Waals surface area contributed by atoms with E-state index in [0.29, 0.717) is 22.8 Å². The lowest BCUT2D eigenvalue weighted by molar-refractivity contribution is -0.347. The van der Waals surface area contributed by atoms with Crippen LogP contribution in [0.5, 0.6) is 0 Å². The number of nitrogens with zero attached hydrogens (tertiary/aromatic N) is 4. The molecule has 0 radical (unpaired) electrons. The number of aryl methyl sites for hydroxylation is 1. The molecule has 1 aliphatic carbocycles. The van der Waals surface area contributed by atoms with Crippen molar-refractivity contribution in [2.24, 2.45) is 7.05 Å². The molecule has 8 nitrogen and oxygen atoms in total. The van der Waals surface area contributed by atoms with E-state index in [0.717, 1.165) is 35.3 Å². The van der Waals surface area contributed by atoms with E-state index in [1.807, 2.05) is 12.1 Å². The highest BCUT2D eigenvalue weighted by Gasteiger charge is 2.24. The predicted octanol–water partition coefficient (Wildman–Crippen LogP) is 1.26. The van der Waals surface area contributed by atoms with Gasteiger partial charge in [0.1, 0.15) is 17.4 Å². The van der Waals surface area contributed by atoms with Crippen molar-refractivity contribution in [1.82, 2.24) is 24.5 Å². The van der Waals surface area contributed by atoms with Crippen LogP contribution in [0.2, 0.25) is 0 Å². The lowest BCUT2D eigenvalue weighted by Crippen LogP contribution is -2.19. The van der Waals surface area contributed by atoms with Crippen molar-refractivity contribution in [2.75, 3.05) is 5.32 Å². The maximum Gasteiger partial charge on any atom is 0.299 e. The molecule has 0 bridgehead atoms. The molecule has 3 N–H and O–H groups in total. The van der Waals surface area contributed by atoms with E-state index in [1.165, 1.54) is 10.9 Å². The molecule has 4 heterocycles. The molecule has 0 spiro atoms. The number of pyridine rings is 2. The standard InChI is InChI=1S/C17H15N7O/c1-24-8-21-12-5-11(9-4-13-15(18-6-9)20-7-19-13)23-16(14(12)17(24)25)22-10-2-3-10/h4-8,10H,2-3H2,1H3,(H,22,23)(H,18,19,20)/p+1. The topological polar surface area (TPSA) is 103 Å². The van der Waals surface area contributed by atoms with Crippen LogP contribution in [0.3, 0.4) is 0 Å². The van der Waals surface area contributed by atoms with Crippen molar-refractivity contribution < 1.29 is 4.98 Å². The summed E-state index contributed by atoms with van der Waals surface area (Å²) in [6.07, 6.45) is 7.24. The zero-order valence-corrected chi connectivity index (χ0v) is 13.6. The number of anilines is 1. The minimum Gasteiger partial charge on any atom is -0.367 e. The molecule has 4 aromatic rings. The van der Waals surface area contributed by atoms with Crippen LogP contribution in [-0.2, 0) is 7.05 Å². The molecule has 0 amide bonds. The Hall–Kier alpha value is -3.29. The van der Waals surface area contributed by atoms with E-state index in [4.69, 9.17) is 4.98 Å². The lowest BCUT2D eigenvalue weighted by Gasteiger charge is -2.10. The fourth-order valence-corrected chi connectivity index (χ4v) is 2.91. The maximum absolute atomic E-state index is 12.6. The Morgan fingerprint density at radius 1 is 1.32 bits per heavy atom. The fourth-order valence-electron chi connectivity index (χ4n) is 2.91. The number of aromatic amines is 2. The first-order valence-corrected chi connectivity index (χ1v) is 8.17. The Morgan fingerprint density at radius 2 is 2.20 bits per heavy atom. The summed E-state index contributed by atoms with van der Waals surface area (Å²) in [6, 6.07) is 4.20. The van der Waals surface area contributed by atoms with Gasteiger partial charge in [0.2, 0.25) is 0 Å². The summed E-state index contributed by atoms with van der Waals surface area (Å²) < 4.78 is 1.48. The van der Waals surface area contributed by atoms with Gasteiger partial charge in [0.25, 0.3) is 11.2 Å². The van der Waals surface area contributed by atoms with Crippen molar-refractivity contribution in [3.63, 3.8) is 0 Å². The fraction of sp³-hybridized carbons (Fsp3) is 0.235. The number of rotatable bonds is 3. The van der Waals surface area contributed by atoms with Crippen LogP contribution >= 0.6 is 0 Å². The van der Waals surface area contributed by atoms with Crippen LogP contribution in [0.15, 0.2) is 35.8 Å². The van der Waals surface area contributed by atoms with Gasteiger partial charge in [-0.3, -0.25) is 9.78 Å². The van der Waals surface area contributed by atoms with E-state index in [2.05, 4.69) is 25.3 Å². The summed E-state index contributed by atoms with van der Waals surface area (Å²) in [4.78, 5) is 32.2. The molecule has 1 fully saturated rings. The van der Waals surface area contributed by atoms with E-state index >= 15 is 0 Å². The Kier molecular flexibility index (Phi) is 2.87. The van der Waals surface area contributed by atoms with E-state index < -0.39 is 0 Å². The van der Waals surface area contributed by atoms with Gasteiger partial charge in [-0.05, 0) is 25.0 Å². The Balaban J connectivity index is 1.75. The summed E-state index contributed by atoms with van der Waals surface area (Å²) >= 11 is 0. The predicted molar refractivity (Wildman–Crippen MR) is 93.1 cm³/mol. The monoisotopic (exact) mass is 334 g/mol. The van der Waals surface area contributed by atoms with Crippen molar-refractivity contribution in [2.45, 2.75) is 18.9 Å². The van der Waals surface area contributed by atoms with Gasteiger partial charge < -0.3 is 9.88 Å². The first-order valence-electron chi connectivity index (χ1n) is 8.17.